The number of imide groups is 1. The predicted molar refractivity (Wildman–Crippen MR) is 60.6 cm³/mol. The van der Waals surface area contributed by atoms with Crippen LogP contribution in [0.15, 0.2) is 0 Å². The van der Waals surface area contributed by atoms with Crippen molar-refractivity contribution in [2.75, 3.05) is 5.75 Å². The summed E-state index contributed by atoms with van der Waals surface area (Å²) in [5.41, 5.74) is -0.815. The van der Waals surface area contributed by atoms with Crippen LogP contribution in [-0.4, -0.2) is 33.8 Å². The van der Waals surface area contributed by atoms with Gasteiger partial charge in [-0.25, -0.2) is 14.5 Å². The van der Waals surface area contributed by atoms with Gasteiger partial charge in [-0.1, -0.05) is 6.92 Å². The highest BCUT2D eigenvalue weighted by atomic mass is 32.2. The molecule has 0 aromatic heterocycles. The van der Waals surface area contributed by atoms with Crippen LogP contribution < -0.4 is 10.6 Å². The number of rotatable bonds is 2. The summed E-state index contributed by atoms with van der Waals surface area (Å²) in [4.78, 5) is 24.5. The number of carbonyl (C=O) groups is 2. The molecule has 5 nitrogen and oxygen atoms in total. The highest BCUT2D eigenvalue weighted by Crippen LogP contribution is 2.18. The molecule has 1 fully saturated rings. The van der Waals surface area contributed by atoms with Crippen LogP contribution in [0.3, 0.4) is 0 Å². The minimum absolute atomic E-state index is 0.311. The average molecular weight is 231 g/mol. The third kappa shape index (κ3) is 2.77. The van der Waals surface area contributed by atoms with Gasteiger partial charge in [0.1, 0.15) is 0 Å². The molecule has 0 radical (unpaired) electrons. The molecule has 2 N–H and O–H groups in total. The van der Waals surface area contributed by atoms with E-state index in [2.05, 4.69) is 10.6 Å². The van der Waals surface area contributed by atoms with E-state index in [9.17, 15) is 9.59 Å². The summed E-state index contributed by atoms with van der Waals surface area (Å²) in [7, 11) is 0. The number of amides is 4. The summed E-state index contributed by atoms with van der Waals surface area (Å²) in [5, 5.41) is 5.44. The van der Waals surface area contributed by atoms with Crippen LogP contribution >= 0.6 is 11.8 Å². The number of nitrogens with one attached hydrogen (secondary N) is 2. The minimum Gasteiger partial charge on any atom is -0.308 e. The zero-order valence-electron chi connectivity index (χ0n) is 9.46. The zero-order chi connectivity index (χ0) is 11.6. The Bertz CT molecular complexity index is 257. The van der Waals surface area contributed by atoms with Gasteiger partial charge in [0.15, 0.2) is 5.50 Å². The second kappa shape index (κ2) is 4.30. The first-order valence-corrected chi connectivity index (χ1v) is 5.94. The first-order valence-electron chi connectivity index (χ1n) is 4.89. The van der Waals surface area contributed by atoms with Gasteiger partial charge in [0.2, 0.25) is 0 Å². The van der Waals surface area contributed by atoms with E-state index >= 15 is 0 Å². The molecule has 0 aliphatic carbocycles. The van der Waals surface area contributed by atoms with Gasteiger partial charge < -0.3 is 10.6 Å². The zero-order valence-corrected chi connectivity index (χ0v) is 10.3. The monoisotopic (exact) mass is 231 g/mol. The molecule has 0 spiro atoms. The van der Waals surface area contributed by atoms with Crippen LogP contribution in [0, 0.1) is 0 Å². The van der Waals surface area contributed by atoms with Gasteiger partial charge in [-0.15, -0.1) is 11.8 Å². The van der Waals surface area contributed by atoms with Crippen LogP contribution in [0.5, 0.6) is 0 Å². The van der Waals surface area contributed by atoms with E-state index in [1.165, 1.54) is 16.7 Å². The third-order valence-corrected chi connectivity index (χ3v) is 2.82. The molecule has 1 aliphatic rings. The van der Waals surface area contributed by atoms with E-state index < -0.39 is 5.54 Å². The van der Waals surface area contributed by atoms with Crippen molar-refractivity contribution in [2.24, 2.45) is 0 Å². The van der Waals surface area contributed by atoms with Gasteiger partial charge in [0, 0.05) is 5.54 Å². The van der Waals surface area contributed by atoms with Crippen molar-refractivity contribution in [3.8, 4) is 0 Å². The molecule has 4 amide bonds. The predicted octanol–water partition coefficient (Wildman–Crippen LogP) is 1.56. The maximum Gasteiger partial charge on any atom is 0.328 e. The van der Waals surface area contributed by atoms with E-state index in [0.29, 0.717) is 0 Å². The first kappa shape index (κ1) is 12.2. The molecule has 0 atom stereocenters. The van der Waals surface area contributed by atoms with E-state index in [1.54, 1.807) is 0 Å². The van der Waals surface area contributed by atoms with Crippen molar-refractivity contribution >= 4 is 23.8 Å². The van der Waals surface area contributed by atoms with Crippen molar-refractivity contribution in [2.45, 2.75) is 38.7 Å². The average Bonchev–Trinajstić information content (AvgIpc) is 1.99. The van der Waals surface area contributed by atoms with Gasteiger partial charge >= 0.3 is 12.1 Å². The maximum absolute atomic E-state index is 11.7. The largest absolute Gasteiger partial charge is 0.328 e. The SMILES string of the molecule is CCSC1NC(=O)N(C(C)(C)C)C(=O)N1. The van der Waals surface area contributed by atoms with E-state index in [4.69, 9.17) is 0 Å². The summed E-state index contributed by atoms with van der Waals surface area (Å²) in [6, 6.07) is -0.672. The van der Waals surface area contributed by atoms with Crippen molar-refractivity contribution in [1.29, 1.82) is 0 Å². The highest BCUT2D eigenvalue weighted by Gasteiger charge is 2.38. The fraction of sp³-hybridized carbons (Fsp3) is 0.778. The van der Waals surface area contributed by atoms with Gasteiger partial charge in [-0.05, 0) is 26.5 Å². The fourth-order valence-electron chi connectivity index (χ4n) is 1.34. The summed E-state index contributed by atoms with van der Waals surface area (Å²) >= 11 is 1.48. The van der Waals surface area contributed by atoms with E-state index in [0.717, 1.165) is 5.75 Å². The molecule has 1 heterocycles. The summed E-state index contributed by atoms with van der Waals surface area (Å²) in [5.74, 6) is 0.834. The molecule has 1 saturated heterocycles. The molecule has 1 aliphatic heterocycles. The molecular weight excluding hydrogens is 214 g/mol. The Balaban J connectivity index is 2.74. The fourth-order valence-corrected chi connectivity index (χ4v) is 2.04. The van der Waals surface area contributed by atoms with Crippen molar-refractivity contribution < 1.29 is 9.59 Å². The van der Waals surface area contributed by atoms with Crippen LogP contribution in [0.4, 0.5) is 9.59 Å². The lowest BCUT2D eigenvalue weighted by molar-refractivity contribution is 0.136. The Hall–Kier alpha value is -0.910. The molecule has 0 aromatic carbocycles. The van der Waals surface area contributed by atoms with Crippen molar-refractivity contribution in [1.82, 2.24) is 15.5 Å². The maximum atomic E-state index is 11.7. The summed E-state index contributed by atoms with van der Waals surface area (Å²) in [6.07, 6.45) is 0. The normalized spacial score (nSPS) is 18.8. The van der Waals surface area contributed by atoms with Crippen LogP contribution in [0.2, 0.25) is 0 Å². The molecule has 0 saturated carbocycles. The van der Waals surface area contributed by atoms with Crippen LogP contribution in [0.25, 0.3) is 0 Å². The molecule has 15 heavy (non-hydrogen) atoms. The van der Waals surface area contributed by atoms with Crippen LogP contribution in [-0.2, 0) is 0 Å². The van der Waals surface area contributed by atoms with Gasteiger partial charge in [0.25, 0.3) is 0 Å². The molecule has 6 heteroatoms. The Morgan fingerprint density at radius 1 is 1.27 bits per heavy atom. The summed E-state index contributed by atoms with van der Waals surface area (Å²) in [6.45, 7) is 7.43. The molecule has 86 valence electrons. The molecular formula is C9H17N3O2S. The second-order valence-corrected chi connectivity index (χ2v) is 5.62. The Morgan fingerprint density at radius 3 is 2.07 bits per heavy atom. The molecule has 1 rings (SSSR count). The first-order chi connectivity index (χ1) is 6.86. The molecule has 0 aromatic rings. The molecule has 0 unspecified atom stereocenters. The smallest absolute Gasteiger partial charge is 0.308 e. The van der Waals surface area contributed by atoms with Gasteiger partial charge in [0.05, 0.1) is 0 Å². The van der Waals surface area contributed by atoms with Crippen molar-refractivity contribution in [3.05, 3.63) is 0 Å². The van der Waals surface area contributed by atoms with Crippen molar-refractivity contribution in [3.63, 3.8) is 0 Å². The number of hydrogen-bond acceptors (Lipinski definition) is 3. The number of nitrogens with zero attached hydrogens (tertiary/aromatic N) is 1. The number of thioether (sulfide) groups is 1. The lowest BCUT2D eigenvalue weighted by Gasteiger charge is -2.39. The lowest BCUT2D eigenvalue weighted by Crippen LogP contribution is -2.66. The number of urea groups is 2. The van der Waals surface area contributed by atoms with Gasteiger partial charge in [-0.3, -0.25) is 0 Å². The standard InChI is InChI=1S/C9H17N3O2S/c1-5-15-6-10-7(13)12(8(14)11-6)9(2,3)4/h6H,5H2,1-4H3,(H,10,13)(H,11,14). The Labute approximate surface area is 94.0 Å². The lowest BCUT2D eigenvalue weighted by atomic mass is 10.1. The van der Waals surface area contributed by atoms with E-state index in [1.807, 2.05) is 27.7 Å². The number of carbonyl (C=O) groups excluding carboxylic acids is 2. The Kier molecular flexibility index (Phi) is 3.49. The highest BCUT2D eigenvalue weighted by molar-refractivity contribution is 7.99. The Morgan fingerprint density at radius 2 is 1.73 bits per heavy atom. The van der Waals surface area contributed by atoms with Crippen LogP contribution in [0.1, 0.15) is 27.7 Å². The minimum atomic E-state index is -0.504. The quantitative estimate of drug-likeness (QED) is 0.758. The number of hydrogen-bond donors (Lipinski definition) is 2. The second-order valence-electron chi connectivity index (χ2n) is 4.24. The van der Waals surface area contributed by atoms with E-state index in [-0.39, 0.29) is 17.6 Å². The summed E-state index contributed by atoms with van der Waals surface area (Å²) < 4.78 is 0. The topological polar surface area (TPSA) is 61.4 Å². The van der Waals surface area contributed by atoms with Gasteiger partial charge in [-0.2, -0.15) is 0 Å². The third-order valence-electron chi connectivity index (χ3n) is 1.92. The molecule has 0 bridgehead atoms.